The fourth-order valence-electron chi connectivity index (χ4n) is 1.48. The van der Waals surface area contributed by atoms with Crippen molar-refractivity contribution in [1.82, 2.24) is 10.2 Å². The van der Waals surface area contributed by atoms with Crippen LogP contribution in [0.1, 0.15) is 6.92 Å². The van der Waals surface area contributed by atoms with Crippen molar-refractivity contribution in [3.63, 3.8) is 0 Å². The number of ether oxygens (including phenoxy) is 1. The average Bonchev–Trinajstić information content (AvgIpc) is 2.25. The van der Waals surface area contributed by atoms with Crippen LogP contribution < -0.4 is 5.32 Å². The lowest BCUT2D eigenvalue weighted by Crippen LogP contribution is -2.40. The lowest BCUT2D eigenvalue weighted by Gasteiger charge is -2.26. The molecule has 0 saturated carbocycles. The van der Waals surface area contributed by atoms with Crippen LogP contribution in [0.3, 0.4) is 0 Å². The molecule has 1 heterocycles. The van der Waals surface area contributed by atoms with Gasteiger partial charge in [0.05, 0.1) is 13.2 Å². The van der Waals surface area contributed by atoms with Crippen LogP contribution in [0.5, 0.6) is 0 Å². The molecule has 0 aliphatic carbocycles. The predicted molar refractivity (Wildman–Crippen MR) is 63.1 cm³/mol. The van der Waals surface area contributed by atoms with Crippen LogP contribution >= 0.6 is 11.8 Å². The van der Waals surface area contributed by atoms with Gasteiger partial charge in [-0.15, -0.1) is 0 Å². The molecule has 0 unspecified atom stereocenters. The minimum atomic E-state index is 0.908. The van der Waals surface area contributed by atoms with Crippen molar-refractivity contribution in [2.75, 3.05) is 57.4 Å². The first-order valence-corrected chi connectivity index (χ1v) is 6.67. The maximum Gasteiger partial charge on any atom is 0.0594 e. The molecule has 0 amide bonds. The maximum atomic E-state index is 5.29. The topological polar surface area (TPSA) is 24.5 Å². The molecule has 0 spiro atoms. The van der Waals surface area contributed by atoms with E-state index in [2.05, 4.69) is 17.1 Å². The molecule has 3 nitrogen and oxygen atoms in total. The van der Waals surface area contributed by atoms with E-state index in [4.69, 9.17) is 4.74 Å². The minimum Gasteiger partial charge on any atom is -0.379 e. The van der Waals surface area contributed by atoms with Gasteiger partial charge in [-0.1, -0.05) is 6.92 Å². The molecule has 0 aromatic rings. The van der Waals surface area contributed by atoms with E-state index < -0.39 is 0 Å². The van der Waals surface area contributed by atoms with E-state index in [0.29, 0.717) is 0 Å². The van der Waals surface area contributed by atoms with E-state index in [1.54, 1.807) is 0 Å². The molecule has 0 aromatic heterocycles. The smallest absolute Gasteiger partial charge is 0.0594 e. The second kappa shape index (κ2) is 8.53. The standard InChI is InChI=1S/C10H22N2OS/c1-2-14-10-4-11-3-5-12-6-8-13-9-7-12/h11H,2-10H2,1H3. The van der Waals surface area contributed by atoms with Crippen LogP contribution in [-0.2, 0) is 4.74 Å². The van der Waals surface area contributed by atoms with E-state index in [9.17, 15) is 0 Å². The molecular weight excluding hydrogens is 196 g/mol. The molecular formula is C10H22N2OS. The van der Waals surface area contributed by atoms with Crippen molar-refractivity contribution in [1.29, 1.82) is 0 Å². The lowest BCUT2D eigenvalue weighted by molar-refractivity contribution is 0.0385. The summed E-state index contributed by atoms with van der Waals surface area (Å²) in [7, 11) is 0. The van der Waals surface area contributed by atoms with Gasteiger partial charge < -0.3 is 10.1 Å². The summed E-state index contributed by atoms with van der Waals surface area (Å²) in [4.78, 5) is 2.46. The molecule has 1 saturated heterocycles. The highest BCUT2D eigenvalue weighted by Gasteiger charge is 2.08. The normalized spacial score (nSPS) is 18.6. The third-order valence-electron chi connectivity index (χ3n) is 2.34. The largest absolute Gasteiger partial charge is 0.379 e. The van der Waals surface area contributed by atoms with E-state index >= 15 is 0 Å². The molecule has 1 N–H and O–H groups in total. The summed E-state index contributed by atoms with van der Waals surface area (Å²) in [6, 6.07) is 0. The molecule has 0 atom stereocenters. The third kappa shape index (κ3) is 5.86. The van der Waals surface area contributed by atoms with Crippen molar-refractivity contribution < 1.29 is 4.74 Å². The number of nitrogens with zero attached hydrogens (tertiary/aromatic N) is 1. The Bertz CT molecular complexity index is 129. The van der Waals surface area contributed by atoms with Gasteiger partial charge in [-0.2, -0.15) is 11.8 Å². The van der Waals surface area contributed by atoms with Gasteiger partial charge in [0.2, 0.25) is 0 Å². The fourth-order valence-corrected chi connectivity index (χ4v) is 2.05. The number of thioether (sulfide) groups is 1. The first kappa shape index (κ1) is 12.3. The van der Waals surface area contributed by atoms with Gasteiger partial charge in [0.25, 0.3) is 0 Å². The second-order valence-electron chi connectivity index (χ2n) is 3.40. The van der Waals surface area contributed by atoms with Crippen LogP contribution in [0.2, 0.25) is 0 Å². The number of morpholine rings is 1. The van der Waals surface area contributed by atoms with Gasteiger partial charge in [-0.3, -0.25) is 4.90 Å². The molecule has 14 heavy (non-hydrogen) atoms. The summed E-state index contributed by atoms with van der Waals surface area (Å²) in [5.41, 5.74) is 0. The van der Waals surface area contributed by atoms with E-state index in [-0.39, 0.29) is 0 Å². The zero-order valence-corrected chi connectivity index (χ0v) is 9.94. The SMILES string of the molecule is CCSCCNCCN1CCOCC1. The molecule has 1 aliphatic heterocycles. The van der Waals surface area contributed by atoms with Crippen molar-refractivity contribution in [2.45, 2.75) is 6.92 Å². The fraction of sp³-hybridized carbons (Fsp3) is 1.00. The van der Waals surface area contributed by atoms with Gasteiger partial charge in [0.1, 0.15) is 0 Å². The Kier molecular flexibility index (Phi) is 7.50. The van der Waals surface area contributed by atoms with Crippen molar-refractivity contribution >= 4 is 11.8 Å². The molecule has 84 valence electrons. The first-order chi connectivity index (χ1) is 6.93. The highest BCUT2D eigenvalue weighted by atomic mass is 32.2. The third-order valence-corrected chi connectivity index (χ3v) is 3.24. The van der Waals surface area contributed by atoms with Crippen LogP contribution in [0.4, 0.5) is 0 Å². The molecule has 4 heteroatoms. The monoisotopic (exact) mass is 218 g/mol. The Morgan fingerprint density at radius 2 is 2.07 bits per heavy atom. The van der Waals surface area contributed by atoms with Gasteiger partial charge in [0.15, 0.2) is 0 Å². The van der Waals surface area contributed by atoms with Crippen LogP contribution in [0.15, 0.2) is 0 Å². The van der Waals surface area contributed by atoms with E-state index in [1.807, 2.05) is 11.8 Å². The Labute approximate surface area is 91.6 Å². The van der Waals surface area contributed by atoms with Crippen molar-refractivity contribution in [2.24, 2.45) is 0 Å². The molecule has 0 aromatic carbocycles. The quantitative estimate of drug-likeness (QED) is 0.635. The summed E-state index contributed by atoms with van der Waals surface area (Å²) < 4.78 is 5.29. The van der Waals surface area contributed by atoms with Gasteiger partial charge in [-0.05, 0) is 5.75 Å². The number of nitrogens with one attached hydrogen (secondary N) is 1. The first-order valence-electron chi connectivity index (χ1n) is 5.52. The Morgan fingerprint density at radius 3 is 2.79 bits per heavy atom. The zero-order valence-electron chi connectivity index (χ0n) is 9.13. The summed E-state index contributed by atoms with van der Waals surface area (Å²) in [5, 5.41) is 3.46. The van der Waals surface area contributed by atoms with Gasteiger partial charge >= 0.3 is 0 Å². The predicted octanol–water partition coefficient (Wildman–Crippen LogP) is 0.661. The van der Waals surface area contributed by atoms with Gasteiger partial charge in [-0.25, -0.2) is 0 Å². The van der Waals surface area contributed by atoms with Crippen molar-refractivity contribution in [3.8, 4) is 0 Å². The lowest BCUT2D eigenvalue weighted by atomic mass is 10.4. The maximum absolute atomic E-state index is 5.29. The number of rotatable bonds is 7. The van der Waals surface area contributed by atoms with E-state index in [0.717, 1.165) is 39.4 Å². The van der Waals surface area contributed by atoms with Gasteiger partial charge in [0, 0.05) is 38.5 Å². The Hall–Kier alpha value is 0.230. The summed E-state index contributed by atoms with van der Waals surface area (Å²) in [5.74, 6) is 2.46. The molecule has 0 radical (unpaired) electrons. The molecule has 1 fully saturated rings. The second-order valence-corrected chi connectivity index (χ2v) is 4.79. The van der Waals surface area contributed by atoms with Crippen molar-refractivity contribution in [3.05, 3.63) is 0 Å². The molecule has 1 rings (SSSR count). The number of hydrogen-bond donors (Lipinski definition) is 1. The van der Waals surface area contributed by atoms with Crippen LogP contribution in [-0.4, -0.2) is 62.3 Å². The summed E-state index contributed by atoms with van der Waals surface area (Å²) >= 11 is 2.00. The summed E-state index contributed by atoms with van der Waals surface area (Å²) in [6.45, 7) is 9.65. The van der Waals surface area contributed by atoms with Crippen LogP contribution in [0.25, 0.3) is 0 Å². The van der Waals surface area contributed by atoms with E-state index in [1.165, 1.54) is 18.1 Å². The average molecular weight is 218 g/mol. The number of hydrogen-bond acceptors (Lipinski definition) is 4. The zero-order chi connectivity index (χ0) is 10.1. The highest BCUT2D eigenvalue weighted by molar-refractivity contribution is 7.99. The summed E-state index contributed by atoms with van der Waals surface area (Å²) in [6.07, 6.45) is 0. The Morgan fingerprint density at radius 1 is 1.29 bits per heavy atom. The molecule has 1 aliphatic rings. The Balaban J connectivity index is 1.82. The van der Waals surface area contributed by atoms with Crippen LogP contribution in [0, 0.1) is 0 Å². The minimum absolute atomic E-state index is 0.908. The highest BCUT2D eigenvalue weighted by Crippen LogP contribution is 1.96. The molecule has 0 bridgehead atoms.